The number of hydrogen-bond acceptors (Lipinski definition) is 13. The Kier molecular flexibility index (Phi) is 24.6. The molecule has 0 rings (SSSR count). The SMILES string of the molecule is CCC(C)OC(=O)CCN(C)CCN(C)CCC(=O)OCCC(C)OC(=O)CCN(C)CCN(C)CCC(=O)OCCOC. The first kappa shape index (κ1) is 41.7. The van der Waals surface area contributed by atoms with Crippen LogP contribution in [0.4, 0.5) is 0 Å². The van der Waals surface area contributed by atoms with Crippen molar-refractivity contribution in [2.75, 3.05) is 107 Å². The maximum atomic E-state index is 12.2. The van der Waals surface area contributed by atoms with Crippen LogP contribution in [0.5, 0.6) is 0 Å². The van der Waals surface area contributed by atoms with E-state index >= 15 is 0 Å². The average Bonchev–Trinajstić information content (AvgIpc) is 2.98. The maximum Gasteiger partial charge on any atom is 0.307 e. The van der Waals surface area contributed by atoms with Gasteiger partial charge in [0.25, 0.3) is 0 Å². The van der Waals surface area contributed by atoms with Crippen LogP contribution >= 0.6 is 0 Å². The molecule has 0 aromatic rings. The van der Waals surface area contributed by atoms with Crippen molar-refractivity contribution in [2.24, 2.45) is 0 Å². The Morgan fingerprint density at radius 3 is 1.27 bits per heavy atom. The van der Waals surface area contributed by atoms with Crippen LogP contribution in [-0.4, -0.2) is 163 Å². The van der Waals surface area contributed by atoms with E-state index in [1.165, 1.54) is 0 Å². The first-order valence-electron chi connectivity index (χ1n) is 15.8. The van der Waals surface area contributed by atoms with Gasteiger partial charge >= 0.3 is 23.9 Å². The largest absolute Gasteiger partial charge is 0.465 e. The molecule has 2 atom stereocenters. The Bertz CT molecular complexity index is 802. The van der Waals surface area contributed by atoms with Gasteiger partial charge in [0.1, 0.15) is 12.7 Å². The standard InChI is InChI=1S/C31H60N4O9/c1-9-26(2)43-30(38)12-17-34(6)21-19-32(4)15-10-28(36)41-23-14-27(3)44-31(39)13-18-35(7)22-20-33(5)16-11-29(37)42-25-24-40-8/h26-27H,9-25H2,1-8H3. The zero-order valence-corrected chi connectivity index (χ0v) is 28.6. The topological polar surface area (TPSA) is 127 Å². The number of carbonyl (C=O) groups excluding carboxylic acids is 4. The van der Waals surface area contributed by atoms with Gasteiger partial charge < -0.3 is 43.3 Å². The van der Waals surface area contributed by atoms with E-state index in [2.05, 4.69) is 9.80 Å². The van der Waals surface area contributed by atoms with Gasteiger partial charge in [-0.3, -0.25) is 19.2 Å². The molecule has 0 radical (unpaired) electrons. The van der Waals surface area contributed by atoms with Crippen molar-refractivity contribution < 1.29 is 42.9 Å². The number of ether oxygens (including phenoxy) is 5. The minimum atomic E-state index is -0.351. The fourth-order valence-electron chi connectivity index (χ4n) is 3.69. The third-order valence-corrected chi connectivity index (χ3v) is 7.10. The molecule has 0 fully saturated rings. The van der Waals surface area contributed by atoms with E-state index in [4.69, 9.17) is 23.7 Å². The fourth-order valence-corrected chi connectivity index (χ4v) is 3.69. The molecule has 0 amide bonds. The summed E-state index contributed by atoms with van der Waals surface area (Å²) in [6, 6.07) is 0. The lowest BCUT2D eigenvalue weighted by Crippen LogP contribution is -2.33. The average molecular weight is 633 g/mol. The summed E-state index contributed by atoms with van der Waals surface area (Å²) in [5, 5.41) is 0. The second-order valence-corrected chi connectivity index (χ2v) is 11.4. The monoisotopic (exact) mass is 632 g/mol. The molecule has 0 aliphatic carbocycles. The highest BCUT2D eigenvalue weighted by Gasteiger charge is 2.14. The highest BCUT2D eigenvalue weighted by molar-refractivity contribution is 5.70. The van der Waals surface area contributed by atoms with Crippen LogP contribution < -0.4 is 0 Å². The van der Waals surface area contributed by atoms with Gasteiger partial charge in [0.15, 0.2) is 0 Å². The summed E-state index contributed by atoms with van der Waals surface area (Å²) in [6.45, 7) is 11.9. The lowest BCUT2D eigenvalue weighted by molar-refractivity contribution is -0.151. The molecule has 0 N–H and O–H groups in total. The van der Waals surface area contributed by atoms with Crippen LogP contribution in [0.1, 0.15) is 59.3 Å². The lowest BCUT2D eigenvalue weighted by atomic mass is 10.3. The zero-order valence-electron chi connectivity index (χ0n) is 28.6. The number of methoxy groups -OCH3 is 1. The Hall–Kier alpha value is -2.32. The Balaban J connectivity index is 3.92. The van der Waals surface area contributed by atoms with Crippen LogP contribution in [0.25, 0.3) is 0 Å². The number of likely N-dealkylation sites (N-methyl/N-ethyl adjacent to an activating group) is 4. The molecule has 0 bridgehead atoms. The van der Waals surface area contributed by atoms with E-state index in [-0.39, 0.29) is 62.1 Å². The number of rotatable bonds is 27. The Labute approximate surface area is 265 Å². The summed E-state index contributed by atoms with van der Waals surface area (Å²) in [4.78, 5) is 56.1. The molecule has 44 heavy (non-hydrogen) atoms. The first-order chi connectivity index (χ1) is 20.9. The Morgan fingerprint density at radius 1 is 0.523 bits per heavy atom. The molecule has 258 valence electrons. The van der Waals surface area contributed by atoms with Crippen molar-refractivity contribution in [2.45, 2.75) is 71.5 Å². The smallest absolute Gasteiger partial charge is 0.307 e. The summed E-state index contributed by atoms with van der Waals surface area (Å²) >= 11 is 0. The highest BCUT2D eigenvalue weighted by Crippen LogP contribution is 2.04. The van der Waals surface area contributed by atoms with Crippen LogP contribution in [-0.2, 0) is 42.9 Å². The first-order valence-corrected chi connectivity index (χ1v) is 15.8. The van der Waals surface area contributed by atoms with E-state index in [1.54, 1.807) is 14.0 Å². The predicted octanol–water partition coefficient (Wildman–Crippen LogP) is 1.67. The summed E-state index contributed by atoms with van der Waals surface area (Å²) in [7, 11) is 9.34. The third-order valence-electron chi connectivity index (χ3n) is 7.10. The maximum absolute atomic E-state index is 12.2. The summed E-state index contributed by atoms with van der Waals surface area (Å²) in [5.74, 6) is -0.998. The minimum Gasteiger partial charge on any atom is -0.465 e. The van der Waals surface area contributed by atoms with Crippen molar-refractivity contribution >= 4 is 23.9 Å². The van der Waals surface area contributed by atoms with Crippen LogP contribution in [0, 0.1) is 0 Å². The molecule has 0 heterocycles. The van der Waals surface area contributed by atoms with E-state index in [0.29, 0.717) is 52.0 Å². The molecule has 0 aromatic heterocycles. The van der Waals surface area contributed by atoms with Crippen molar-refractivity contribution in [1.82, 2.24) is 19.6 Å². The number of hydrogen-bond donors (Lipinski definition) is 0. The van der Waals surface area contributed by atoms with Crippen molar-refractivity contribution in [1.29, 1.82) is 0 Å². The van der Waals surface area contributed by atoms with Gasteiger partial charge in [-0.2, -0.15) is 0 Å². The minimum absolute atomic E-state index is 0.0528. The zero-order chi connectivity index (χ0) is 33.3. The molecular weight excluding hydrogens is 572 g/mol. The third kappa shape index (κ3) is 25.1. The van der Waals surface area contributed by atoms with Crippen LogP contribution in [0.3, 0.4) is 0 Å². The molecule has 0 saturated heterocycles. The lowest BCUT2D eigenvalue weighted by Gasteiger charge is -2.22. The van der Waals surface area contributed by atoms with Crippen LogP contribution in [0.15, 0.2) is 0 Å². The molecule has 13 nitrogen and oxygen atoms in total. The molecule has 2 unspecified atom stereocenters. The number of esters is 4. The molecule has 0 aromatic carbocycles. The van der Waals surface area contributed by atoms with Gasteiger partial charge in [0, 0.05) is 65.9 Å². The van der Waals surface area contributed by atoms with Gasteiger partial charge in [-0.1, -0.05) is 6.92 Å². The molecule has 0 aliphatic rings. The normalized spacial score (nSPS) is 12.9. The van der Waals surface area contributed by atoms with Crippen LogP contribution in [0.2, 0.25) is 0 Å². The number of carbonyl (C=O) groups is 4. The van der Waals surface area contributed by atoms with E-state index in [1.807, 2.05) is 51.8 Å². The molecule has 13 heteroatoms. The quantitative estimate of drug-likeness (QED) is 0.0741. The predicted molar refractivity (Wildman–Crippen MR) is 168 cm³/mol. The van der Waals surface area contributed by atoms with Crippen molar-refractivity contribution in [3.05, 3.63) is 0 Å². The second kappa shape index (κ2) is 26.0. The molecule has 0 aliphatic heterocycles. The molecular formula is C31H60N4O9. The molecule has 0 saturated carbocycles. The Morgan fingerprint density at radius 2 is 0.886 bits per heavy atom. The number of nitrogens with zero attached hydrogens (tertiary/aromatic N) is 4. The van der Waals surface area contributed by atoms with Gasteiger partial charge in [0.05, 0.1) is 45.0 Å². The van der Waals surface area contributed by atoms with Crippen molar-refractivity contribution in [3.8, 4) is 0 Å². The second-order valence-electron chi connectivity index (χ2n) is 11.4. The highest BCUT2D eigenvalue weighted by atomic mass is 16.6. The van der Waals surface area contributed by atoms with E-state index in [0.717, 1.165) is 32.6 Å². The summed E-state index contributed by atoms with van der Waals surface area (Å²) < 4.78 is 26.0. The van der Waals surface area contributed by atoms with Crippen molar-refractivity contribution in [3.63, 3.8) is 0 Å². The van der Waals surface area contributed by atoms with Gasteiger partial charge in [-0.05, 0) is 48.5 Å². The van der Waals surface area contributed by atoms with E-state index < -0.39 is 0 Å². The van der Waals surface area contributed by atoms with Gasteiger partial charge in [-0.25, -0.2) is 0 Å². The summed E-state index contributed by atoms with van der Waals surface area (Å²) in [6.07, 6.45) is 2.05. The fraction of sp³-hybridized carbons (Fsp3) is 0.871. The van der Waals surface area contributed by atoms with E-state index in [9.17, 15) is 19.2 Å². The van der Waals surface area contributed by atoms with Gasteiger partial charge in [-0.15, -0.1) is 0 Å². The van der Waals surface area contributed by atoms with Gasteiger partial charge in [0.2, 0.25) is 0 Å². The summed E-state index contributed by atoms with van der Waals surface area (Å²) in [5.41, 5.74) is 0. The molecule has 0 spiro atoms.